The van der Waals surface area contributed by atoms with Crippen molar-refractivity contribution in [2.24, 2.45) is 0 Å². The number of nitriles is 1. The number of aliphatic carboxylic acids is 1. The summed E-state index contributed by atoms with van der Waals surface area (Å²) < 4.78 is 31.7. The van der Waals surface area contributed by atoms with Gasteiger partial charge in [-0.15, -0.1) is 0 Å². The van der Waals surface area contributed by atoms with Gasteiger partial charge in [-0.3, -0.25) is 15.0 Å². The molecular formula is C35H28F3N9O2. The first-order valence-electron chi connectivity index (χ1n) is 15.3. The Morgan fingerprint density at radius 2 is 1.65 bits per heavy atom. The van der Waals surface area contributed by atoms with Gasteiger partial charge in [0.2, 0.25) is 5.82 Å². The molecule has 0 atom stereocenters. The van der Waals surface area contributed by atoms with Crippen LogP contribution in [0.15, 0.2) is 91.3 Å². The zero-order valence-corrected chi connectivity index (χ0v) is 25.8. The van der Waals surface area contributed by atoms with E-state index in [1.807, 2.05) is 42.5 Å². The molecule has 1 fully saturated rings. The number of pyridine rings is 2. The maximum atomic E-state index is 10.6. The van der Waals surface area contributed by atoms with Gasteiger partial charge in [-0.25, -0.2) is 19.7 Å². The summed E-state index contributed by atoms with van der Waals surface area (Å²) in [6.45, 7) is 2.88. The fourth-order valence-electron chi connectivity index (χ4n) is 5.53. The Morgan fingerprint density at radius 3 is 2.31 bits per heavy atom. The molecule has 6 aromatic rings. The summed E-state index contributed by atoms with van der Waals surface area (Å²) in [4.78, 5) is 33.9. The average Bonchev–Trinajstić information content (AvgIpc) is 3.63. The van der Waals surface area contributed by atoms with E-state index in [0.717, 1.165) is 71.8 Å². The molecule has 11 nitrogen and oxygen atoms in total. The van der Waals surface area contributed by atoms with Crippen molar-refractivity contribution in [3.63, 3.8) is 0 Å². The molecule has 49 heavy (non-hydrogen) atoms. The predicted octanol–water partition coefficient (Wildman–Crippen LogP) is 6.42. The van der Waals surface area contributed by atoms with Crippen molar-refractivity contribution < 1.29 is 23.1 Å². The van der Waals surface area contributed by atoms with Gasteiger partial charge in [-0.1, -0.05) is 60.7 Å². The van der Waals surface area contributed by atoms with E-state index < -0.39 is 12.1 Å². The molecule has 14 heteroatoms. The number of hydrogen-bond acceptors (Lipinski definition) is 9. The average molecular weight is 664 g/mol. The van der Waals surface area contributed by atoms with E-state index in [9.17, 15) is 18.4 Å². The van der Waals surface area contributed by atoms with Crippen molar-refractivity contribution in [3.8, 4) is 40.0 Å². The Labute approximate surface area is 278 Å². The molecule has 0 bridgehead atoms. The lowest BCUT2D eigenvalue weighted by Gasteiger charge is -2.31. The number of benzene rings is 2. The van der Waals surface area contributed by atoms with E-state index in [2.05, 4.69) is 72.5 Å². The summed E-state index contributed by atoms with van der Waals surface area (Å²) in [5, 5.41) is 24.7. The van der Waals surface area contributed by atoms with E-state index in [1.165, 1.54) is 5.56 Å². The van der Waals surface area contributed by atoms with Crippen molar-refractivity contribution >= 4 is 17.0 Å². The summed E-state index contributed by atoms with van der Waals surface area (Å²) in [7, 11) is 0. The first-order valence-corrected chi connectivity index (χ1v) is 15.3. The second-order valence-electron chi connectivity index (χ2n) is 11.3. The number of likely N-dealkylation sites (tertiary alicyclic amines) is 1. The Kier molecular flexibility index (Phi) is 9.63. The van der Waals surface area contributed by atoms with Crippen LogP contribution in [-0.2, 0) is 11.3 Å². The van der Waals surface area contributed by atoms with Gasteiger partial charge in [0.25, 0.3) is 0 Å². The molecule has 0 spiro atoms. The molecule has 2 N–H and O–H groups in total. The monoisotopic (exact) mass is 663 g/mol. The number of aromatic nitrogens is 7. The highest BCUT2D eigenvalue weighted by Gasteiger charge is 2.38. The second-order valence-corrected chi connectivity index (χ2v) is 11.3. The maximum absolute atomic E-state index is 10.6. The molecule has 1 saturated heterocycles. The zero-order chi connectivity index (χ0) is 34.4. The topological polar surface area (TPSA) is 157 Å². The first kappa shape index (κ1) is 32.9. The van der Waals surface area contributed by atoms with Crippen molar-refractivity contribution in [2.75, 3.05) is 13.1 Å². The number of carboxylic acids is 1. The van der Waals surface area contributed by atoms with E-state index in [-0.39, 0.29) is 5.82 Å². The van der Waals surface area contributed by atoms with Crippen LogP contribution in [0, 0.1) is 11.3 Å². The van der Waals surface area contributed by atoms with Crippen molar-refractivity contribution in [1.29, 1.82) is 5.26 Å². The van der Waals surface area contributed by atoms with Gasteiger partial charge in [-0.05, 0) is 55.3 Å². The summed E-state index contributed by atoms with van der Waals surface area (Å²) in [6.07, 6.45) is 0.404. The number of carboxylic acid groups (broad SMARTS) is 1. The molecule has 5 heterocycles. The van der Waals surface area contributed by atoms with Crippen LogP contribution in [0.5, 0.6) is 0 Å². The Balaban J connectivity index is 0.000000540. The maximum Gasteiger partial charge on any atom is 0.490 e. The molecule has 0 aliphatic carbocycles. The lowest BCUT2D eigenvalue weighted by Crippen LogP contribution is -2.32. The number of aromatic amines is 1. The molecule has 1 aliphatic rings. The highest BCUT2D eigenvalue weighted by molar-refractivity contribution is 5.89. The molecule has 7 rings (SSSR count). The fourth-order valence-corrected chi connectivity index (χ4v) is 5.53. The molecule has 0 saturated carbocycles. The van der Waals surface area contributed by atoms with Gasteiger partial charge in [0.05, 0.1) is 5.69 Å². The summed E-state index contributed by atoms with van der Waals surface area (Å²) in [6, 6.07) is 28.6. The normalized spacial score (nSPS) is 13.8. The summed E-state index contributed by atoms with van der Waals surface area (Å²) in [5.41, 5.74) is 6.47. The smallest absolute Gasteiger partial charge is 0.475 e. The predicted molar refractivity (Wildman–Crippen MR) is 173 cm³/mol. The minimum atomic E-state index is -5.08. The minimum absolute atomic E-state index is 0.115. The fraction of sp³-hybridized carbons (Fsp3) is 0.200. The largest absolute Gasteiger partial charge is 0.490 e. The SMILES string of the molecule is N#Cc1ncc2cc(-c3ccccc3)c(-c3ccc(CN4CCC(c5nc(-c6ccccn6)n[nH]5)CC4)cc3)nc2n1.O=C(O)C(F)(F)F. The lowest BCUT2D eigenvalue weighted by molar-refractivity contribution is -0.192. The van der Waals surface area contributed by atoms with Crippen LogP contribution in [0.4, 0.5) is 13.2 Å². The number of carbonyl (C=O) groups is 1. The number of fused-ring (bicyclic) bond motifs is 1. The first-order chi connectivity index (χ1) is 23.7. The molecule has 2 aromatic carbocycles. The van der Waals surface area contributed by atoms with Gasteiger partial charge in [-0.2, -0.15) is 28.5 Å². The van der Waals surface area contributed by atoms with Crippen LogP contribution < -0.4 is 0 Å². The molecule has 4 aromatic heterocycles. The van der Waals surface area contributed by atoms with Crippen molar-refractivity contribution in [2.45, 2.75) is 31.5 Å². The van der Waals surface area contributed by atoms with Gasteiger partial charge < -0.3 is 5.11 Å². The molecule has 0 amide bonds. The third kappa shape index (κ3) is 7.91. The number of rotatable bonds is 6. The number of nitrogens with one attached hydrogen (secondary N) is 1. The van der Waals surface area contributed by atoms with Crippen molar-refractivity contribution in [1.82, 2.24) is 40.0 Å². The van der Waals surface area contributed by atoms with Crippen LogP contribution >= 0.6 is 0 Å². The van der Waals surface area contributed by atoms with E-state index >= 15 is 0 Å². The molecule has 0 radical (unpaired) electrons. The highest BCUT2D eigenvalue weighted by Crippen LogP contribution is 2.33. The summed E-state index contributed by atoms with van der Waals surface area (Å²) >= 11 is 0. The third-order valence-electron chi connectivity index (χ3n) is 8.00. The Bertz CT molecular complexity index is 2090. The van der Waals surface area contributed by atoms with Gasteiger partial charge >= 0.3 is 12.1 Å². The van der Waals surface area contributed by atoms with Crippen LogP contribution in [0.3, 0.4) is 0 Å². The van der Waals surface area contributed by atoms with Crippen LogP contribution in [-0.4, -0.2) is 70.4 Å². The number of nitrogens with zero attached hydrogens (tertiary/aromatic N) is 8. The van der Waals surface area contributed by atoms with Crippen LogP contribution in [0.2, 0.25) is 0 Å². The van der Waals surface area contributed by atoms with E-state index in [4.69, 9.17) is 19.9 Å². The number of halogens is 3. The van der Waals surface area contributed by atoms with E-state index in [0.29, 0.717) is 17.4 Å². The number of hydrogen-bond donors (Lipinski definition) is 2. The molecule has 0 unspecified atom stereocenters. The summed E-state index contributed by atoms with van der Waals surface area (Å²) in [5.74, 6) is -0.669. The number of piperidine rings is 1. The van der Waals surface area contributed by atoms with E-state index in [1.54, 1.807) is 12.4 Å². The third-order valence-corrected chi connectivity index (χ3v) is 8.00. The Hall–Kier alpha value is -6.07. The quantitative estimate of drug-likeness (QED) is 0.204. The standard InChI is InChI=1S/C33H27N9.C2HF3O2/c34-19-29-36-20-26-18-27(23-6-2-1-3-7-23)30(38-31(26)37-29)24-11-9-22(10-12-24)21-42-16-13-25(14-17-42)32-39-33(41-40-32)28-8-4-5-15-35-28;3-2(4,5)1(6)7/h1-12,15,18,20,25H,13-14,16-17,21H2,(H,39,40,41);(H,6,7). The molecular weight excluding hydrogens is 635 g/mol. The zero-order valence-electron chi connectivity index (χ0n) is 25.8. The number of H-pyrrole nitrogens is 1. The minimum Gasteiger partial charge on any atom is -0.475 e. The van der Waals surface area contributed by atoms with Crippen LogP contribution in [0.25, 0.3) is 44.9 Å². The second kappa shape index (κ2) is 14.4. The van der Waals surface area contributed by atoms with Gasteiger partial charge in [0.15, 0.2) is 11.5 Å². The van der Waals surface area contributed by atoms with Gasteiger partial charge in [0.1, 0.15) is 17.6 Å². The molecule has 246 valence electrons. The highest BCUT2D eigenvalue weighted by atomic mass is 19.4. The van der Waals surface area contributed by atoms with Crippen LogP contribution in [0.1, 0.15) is 36.0 Å². The number of alkyl halides is 3. The molecule has 1 aliphatic heterocycles. The van der Waals surface area contributed by atoms with Gasteiger partial charge in [0, 0.05) is 41.4 Å². The lowest BCUT2D eigenvalue weighted by atomic mass is 9.95. The van der Waals surface area contributed by atoms with Crippen molar-refractivity contribution in [3.05, 3.63) is 108 Å². The Morgan fingerprint density at radius 1 is 0.939 bits per heavy atom.